The summed E-state index contributed by atoms with van der Waals surface area (Å²) in [6.45, 7) is 1.85. The summed E-state index contributed by atoms with van der Waals surface area (Å²) >= 11 is 2.15. The van der Waals surface area contributed by atoms with Crippen LogP contribution in [0, 0.1) is 5.82 Å². The molecule has 3 rings (SSSR count). The van der Waals surface area contributed by atoms with Crippen LogP contribution in [0.4, 0.5) is 4.39 Å². The fourth-order valence-corrected chi connectivity index (χ4v) is 2.93. The first kappa shape index (κ1) is 19.3. The molecule has 0 bridgehead atoms. The fraction of sp³-hybridized carbons (Fsp3) is 0.368. The summed E-state index contributed by atoms with van der Waals surface area (Å²) in [6.07, 6.45) is -0.237. The number of benzene rings is 2. The molecule has 130 valence electrons. The van der Waals surface area contributed by atoms with E-state index in [1.165, 1.54) is 6.07 Å². The van der Waals surface area contributed by atoms with E-state index in [1.54, 1.807) is 18.2 Å². The van der Waals surface area contributed by atoms with Gasteiger partial charge in [-0.15, -0.1) is 0 Å². The lowest BCUT2D eigenvalue weighted by atomic mass is 9.82. The number of aliphatic hydroxyl groups is 1. The van der Waals surface area contributed by atoms with Crippen LogP contribution in [0.1, 0.15) is 11.1 Å². The van der Waals surface area contributed by atoms with Gasteiger partial charge >= 0.3 is 0 Å². The monoisotopic (exact) mass is 443 g/mol. The van der Waals surface area contributed by atoms with E-state index in [0.717, 1.165) is 12.1 Å². The molecule has 0 spiro atoms. The average molecular weight is 443 g/mol. The van der Waals surface area contributed by atoms with Crippen molar-refractivity contribution in [1.29, 1.82) is 0 Å². The maximum Gasteiger partial charge on any atom is 0.126 e. The number of ether oxygens (including phenoxy) is 1. The van der Waals surface area contributed by atoms with Crippen molar-refractivity contribution in [3.8, 4) is 0 Å². The van der Waals surface area contributed by atoms with Crippen LogP contribution in [-0.4, -0.2) is 35.8 Å². The highest BCUT2D eigenvalue weighted by Crippen LogP contribution is 2.32. The zero-order chi connectivity index (χ0) is 17.4. The van der Waals surface area contributed by atoms with Gasteiger partial charge in [-0.1, -0.05) is 71.1 Å². The minimum absolute atomic E-state index is 0.177. The van der Waals surface area contributed by atoms with Crippen molar-refractivity contribution in [2.24, 2.45) is 0 Å². The lowest BCUT2D eigenvalue weighted by molar-refractivity contribution is -0.124. The van der Waals surface area contributed by atoms with Crippen LogP contribution in [0.25, 0.3) is 0 Å². The molecular formula is C19H23FINO2. The predicted octanol–water partition coefficient (Wildman–Crippen LogP) is 3.30. The fourth-order valence-electron chi connectivity index (χ4n) is 2.93. The maximum atomic E-state index is 14.0. The number of rotatable bonds is 4. The van der Waals surface area contributed by atoms with Gasteiger partial charge in [-0.2, -0.15) is 0 Å². The summed E-state index contributed by atoms with van der Waals surface area (Å²) in [5, 5.41) is 14.6. The molecule has 2 aromatic rings. The molecule has 2 aromatic carbocycles. The Morgan fingerprint density at radius 1 is 1.17 bits per heavy atom. The van der Waals surface area contributed by atoms with Gasteiger partial charge in [0.25, 0.3) is 0 Å². The summed E-state index contributed by atoms with van der Waals surface area (Å²) < 4.78 is 19.8. The van der Waals surface area contributed by atoms with Crippen molar-refractivity contribution >= 4 is 22.6 Å². The standard InChI is InChI=1S/C18H20FNO2.CH3I/c19-16-9-5-4-6-14(16)12-18(21,15-7-2-1-3-8-15)17-13-20-10-11-22-17;1-2/h1-9,17,20-21H,10-13H2;1H3/t17-,18-;/m1./s1. The van der Waals surface area contributed by atoms with Crippen molar-refractivity contribution in [1.82, 2.24) is 5.32 Å². The largest absolute Gasteiger partial charge is 0.382 e. The Bertz CT molecular complexity index is 620. The van der Waals surface area contributed by atoms with Crippen LogP contribution in [0.5, 0.6) is 0 Å². The van der Waals surface area contributed by atoms with Crippen LogP contribution in [0.2, 0.25) is 0 Å². The lowest BCUT2D eigenvalue weighted by Gasteiger charge is -2.39. The second-order valence-electron chi connectivity index (χ2n) is 5.62. The van der Waals surface area contributed by atoms with Crippen LogP contribution in [0.15, 0.2) is 54.6 Å². The molecule has 3 nitrogen and oxygen atoms in total. The maximum absolute atomic E-state index is 14.0. The third-order valence-electron chi connectivity index (χ3n) is 4.15. The summed E-state index contributed by atoms with van der Waals surface area (Å²) in [6, 6.07) is 15.9. The molecule has 24 heavy (non-hydrogen) atoms. The van der Waals surface area contributed by atoms with Crippen molar-refractivity contribution in [2.75, 3.05) is 24.6 Å². The highest BCUT2D eigenvalue weighted by Gasteiger charge is 2.40. The summed E-state index contributed by atoms with van der Waals surface area (Å²) in [4.78, 5) is 1.97. The van der Waals surface area contributed by atoms with E-state index in [4.69, 9.17) is 4.74 Å². The van der Waals surface area contributed by atoms with Gasteiger partial charge in [0.1, 0.15) is 17.5 Å². The highest BCUT2D eigenvalue weighted by atomic mass is 127. The first-order chi connectivity index (χ1) is 11.7. The minimum atomic E-state index is -1.27. The Balaban J connectivity index is 0.00000100. The Morgan fingerprint density at radius 3 is 2.46 bits per heavy atom. The van der Waals surface area contributed by atoms with E-state index in [0.29, 0.717) is 18.7 Å². The molecule has 0 radical (unpaired) electrons. The zero-order valence-electron chi connectivity index (χ0n) is 13.7. The molecule has 1 aliphatic rings. The second kappa shape index (κ2) is 9.46. The number of halogens is 2. The van der Waals surface area contributed by atoms with Crippen molar-refractivity contribution in [3.05, 3.63) is 71.5 Å². The van der Waals surface area contributed by atoms with Gasteiger partial charge in [0.2, 0.25) is 0 Å². The molecule has 1 fully saturated rings. The smallest absolute Gasteiger partial charge is 0.126 e. The van der Waals surface area contributed by atoms with Crippen LogP contribution >= 0.6 is 22.6 Å². The molecule has 1 heterocycles. The molecule has 1 aliphatic heterocycles. The van der Waals surface area contributed by atoms with Crippen LogP contribution < -0.4 is 5.32 Å². The van der Waals surface area contributed by atoms with Crippen LogP contribution in [0.3, 0.4) is 0 Å². The number of nitrogens with one attached hydrogen (secondary N) is 1. The summed E-state index contributed by atoms with van der Waals surface area (Å²) in [5.74, 6) is -0.305. The normalized spacial score (nSPS) is 19.8. The molecule has 0 aliphatic carbocycles. The third kappa shape index (κ3) is 4.53. The molecule has 0 aromatic heterocycles. The van der Waals surface area contributed by atoms with Gasteiger partial charge in [0.05, 0.1) is 6.61 Å². The quantitative estimate of drug-likeness (QED) is 0.563. The molecule has 1 saturated heterocycles. The van der Waals surface area contributed by atoms with E-state index >= 15 is 0 Å². The van der Waals surface area contributed by atoms with Gasteiger partial charge < -0.3 is 15.2 Å². The Kier molecular flexibility index (Phi) is 7.61. The van der Waals surface area contributed by atoms with Gasteiger partial charge in [0.15, 0.2) is 0 Å². The van der Waals surface area contributed by atoms with E-state index in [9.17, 15) is 9.50 Å². The minimum Gasteiger partial charge on any atom is -0.382 e. The van der Waals surface area contributed by atoms with Crippen molar-refractivity contribution < 1.29 is 14.2 Å². The van der Waals surface area contributed by atoms with Gasteiger partial charge in [-0.25, -0.2) is 4.39 Å². The summed E-state index contributed by atoms with van der Waals surface area (Å²) in [5.41, 5.74) is -0.0355. The number of alkyl halides is 1. The molecular weight excluding hydrogens is 420 g/mol. The average Bonchev–Trinajstić information content (AvgIpc) is 2.66. The van der Waals surface area contributed by atoms with E-state index in [2.05, 4.69) is 27.9 Å². The zero-order valence-corrected chi connectivity index (χ0v) is 15.9. The molecule has 5 heteroatoms. The number of morpholine rings is 1. The van der Waals surface area contributed by atoms with E-state index in [1.807, 2.05) is 35.3 Å². The molecule has 0 amide bonds. The molecule has 0 unspecified atom stereocenters. The Labute approximate surface area is 156 Å². The van der Waals surface area contributed by atoms with Gasteiger partial charge in [-0.05, 0) is 22.1 Å². The first-order valence-electron chi connectivity index (χ1n) is 7.91. The second-order valence-corrected chi connectivity index (χ2v) is 5.62. The van der Waals surface area contributed by atoms with Crippen molar-refractivity contribution in [2.45, 2.75) is 18.1 Å². The summed E-state index contributed by atoms with van der Waals surface area (Å²) in [7, 11) is 0. The predicted molar refractivity (Wildman–Crippen MR) is 103 cm³/mol. The first-order valence-corrected chi connectivity index (χ1v) is 10.1. The van der Waals surface area contributed by atoms with Gasteiger partial charge in [-0.3, -0.25) is 0 Å². The van der Waals surface area contributed by atoms with Gasteiger partial charge in [0, 0.05) is 19.5 Å². The third-order valence-corrected chi connectivity index (χ3v) is 4.15. The highest BCUT2D eigenvalue weighted by molar-refractivity contribution is 14.1. The Morgan fingerprint density at radius 2 is 1.83 bits per heavy atom. The van der Waals surface area contributed by atoms with E-state index in [-0.39, 0.29) is 12.2 Å². The molecule has 0 saturated carbocycles. The number of hydrogen-bond acceptors (Lipinski definition) is 3. The molecule has 2 N–H and O–H groups in total. The molecule has 2 atom stereocenters. The van der Waals surface area contributed by atoms with Crippen molar-refractivity contribution in [3.63, 3.8) is 0 Å². The number of hydrogen-bond donors (Lipinski definition) is 2. The van der Waals surface area contributed by atoms with E-state index < -0.39 is 11.7 Å². The Hall–Kier alpha value is -1.02. The lowest BCUT2D eigenvalue weighted by Crippen LogP contribution is -2.52. The van der Waals surface area contributed by atoms with Crippen LogP contribution in [-0.2, 0) is 16.8 Å². The topological polar surface area (TPSA) is 41.5 Å². The SMILES string of the molecule is CI.O[C@](Cc1ccccc1F)(c1ccccc1)[C@H]1CNCCO1.